The van der Waals surface area contributed by atoms with E-state index in [9.17, 15) is 4.79 Å². The fourth-order valence-corrected chi connectivity index (χ4v) is 3.35. The standard InChI is InChI=1S/C14H9BrCl2N2O/c15-8-3-7-2-1-6-4-9(16)12(18)11(17)10(6)14(20)13(7)19-5-8/h3-5H,1-2,18H2. The molecule has 1 aliphatic carbocycles. The van der Waals surface area contributed by atoms with Crippen molar-refractivity contribution in [1.29, 1.82) is 0 Å². The largest absolute Gasteiger partial charge is 0.396 e. The molecule has 1 aliphatic rings. The molecule has 3 rings (SSSR count). The molecule has 0 aliphatic heterocycles. The monoisotopic (exact) mass is 370 g/mol. The number of pyridine rings is 1. The van der Waals surface area contributed by atoms with Crippen LogP contribution in [-0.4, -0.2) is 10.8 Å². The summed E-state index contributed by atoms with van der Waals surface area (Å²) in [6.45, 7) is 0. The van der Waals surface area contributed by atoms with Crippen molar-refractivity contribution < 1.29 is 4.79 Å². The molecule has 0 atom stereocenters. The van der Waals surface area contributed by atoms with Crippen molar-refractivity contribution in [3.63, 3.8) is 0 Å². The highest BCUT2D eigenvalue weighted by atomic mass is 79.9. The molecule has 1 aromatic heterocycles. The highest BCUT2D eigenvalue weighted by Crippen LogP contribution is 2.37. The lowest BCUT2D eigenvalue weighted by Gasteiger charge is -2.11. The number of nitrogen functional groups attached to an aromatic ring is 1. The number of hydrogen-bond donors (Lipinski definition) is 1. The fourth-order valence-electron chi connectivity index (χ4n) is 2.39. The number of hydrogen-bond acceptors (Lipinski definition) is 3. The van der Waals surface area contributed by atoms with Crippen LogP contribution in [0.4, 0.5) is 5.69 Å². The second-order valence-electron chi connectivity index (χ2n) is 4.61. The minimum atomic E-state index is -0.201. The molecule has 102 valence electrons. The summed E-state index contributed by atoms with van der Waals surface area (Å²) in [6.07, 6.45) is 2.98. The van der Waals surface area contributed by atoms with Gasteiger partial charge < -0.3 is 5.73 Å². The van der Waals surface area contributed by atoms with Gasteiger partial charge in [0.1, 0.15) is 5.69 Å². The summed E-state index contributed by atoms with van der Waals surface area (Å²) in [7, 11) is 0. The van der Waals surface area contributed by atoms with Gasteiger partial charge in [-0.3, -0.25) is 9.78 Å². The van der Waals surface area contributed by atoms with E-state index >= 15 is 0 Å². The molecule has 1 aromatic carbocycles. The number of halogens is 3. The van der Waals surface area contributed by atoms with Gasteiger partial charge in [-0.05, 0) is 52.0 Å². The zero-order valence-electron chi connectivity index (χ0n) is 10.2. The Labute approximate surface area is 134 Å². The Hall–Kier alpha value is -1.10. The molecule has 2 aromatic rings. The number of fused-ring (bicyclic) bond motifs is 2. The molecule has 0 bridgehead atoms. The van der Waals surface area contributed by atoms with Crippen LogP contribution in [0.15, 0.2) is 22.8 Å². The molecule has 3 nitrogen and oxygen atoms in total. The van der Waals surface area contributed by atoms with Crippen LogP contribution >= 0.6 is 39.1 Å². The third-order valence-electron chi connectivity index (χ3n) is 3.37. The van der Waals surface area contributed by atoms with Crippen LogP contribution in [0.25, 0.3) is 0 Å². The highest BCUT2D eigenvalue weighted by Gasteiger charge is 2.27. The van der Waals surface area contributed by atoms with Crippen molar-refractivity contribution in [2.45, 2.75) is 12.8 Å². The number of carbonyl (C=O) groups is 1. The molecule has 0 amide bonds. The van der Waals surface area contributed by atoms with Crippen LogP contribution in [0.3, 0.4) is 0 Å². The van der Waals surface area contributed by atoms with Crippen LogP contribution in [0.1, 0.15) is 27.2 Å². The number of rotatable bonds is 0. The Bertz CT molecular complexity index is 746. The van der Waals surface area contributed by atoms with E-state index < -0.39 is 0 Å². The summed E-state index contributed by atoms with van der Waals surface area (Å²) in [5.41, 5.74) is 8.61. The van der Waals surface area contributed by atoms with Crippen LogP contribution < -0.4 is 5.73 Å². The second-order valence-corrected chi connectivity index (χ2v) is 6.31. The van der Waals surface area contributed by atoms with Crippen molar-refractivity contribution >= 4 is 50.6 Å². The van der Waals surface area contributed by atoms with E-state index in [2.05, 4.69) is 20.9 Å². The lowest BCUT2D eigenvalue weighted by molar-refractivity contribution is 0.103. The highest BCUT2D eigenvalue weighted by molar-refractivity contribution is 9.10. The van der Waals surface area contributed by atoms with Gasteiger partial charge in [0.15, 0.2) is 0 Å². The zero-order chi connectivity index (χ0) is 14.4. The third kappa shape index (κ3) is 2.12. The first kappa shape index (κ1) is 13.9. The van der Waals surface area contributed by atoms with E-state index in [1.165, 1.54) is 0 Å². The number of aryl methyl sites for hydroxylation is 2. The van der Waals surface area contributed by atoms with Gasteiger partial charge in [0.25, 0.3) is 0 Å². The third-order valence-corrected chi connectivity index (χ3v) is 4.51. The lowest BCUT2D eigenvalue weighted by atomic mass is 10.0. The van der Waals surface area contributed by atoms with Gasteiger partial charge in [-0.1, -0.05) is 23.2 Å². The number of benzene rings is 1. The van der Waals surface area contributed by atoms with Crippen LogP contribution in [0, 0.1) is 0 Å². The summed E-state index contributed by atoms with van der Waals surface area (Å²) in [5, 5.41) is 0.594. The van der Waals surface area contributed by atoms with Gasteiger partial charge in [0.05, 0.1) is 15.7 Å². The molecule has 6 heteroatoms. The quantitative estimate of drug-likeness (QED) is 0.710. The minimum Gasteiger partial charge on any atom is -0.396 e. The topological polar surface area (TPSA) is 56.0 Å². The molecule has 20 heavy (non-hydrogen) atoms. The maximum Gasteiger partial charge on any atom is 0.213 e. The minimum absolute atomic E-state index is 0.201. The van der Waals surface area contributed by atoms with Gasteiger partial charge in [-0.25, -0.2) is 0 Å². The molecule has 0 fully saturated rings. The van der Waals surface area contributed by atoms with Crippen LogP contribution in [0.2, 0.25) is 10.0 Å². The van der Waals surface area contributed by atoms with E-state index in [1.807, 2.05) is 6.07 Å². The van der Waals surface area contributed by atoms with Gasteiger partial charge in [0, 0.05) is 16.2 Å². The molecule has 1 heterocycles. The molecule has 2 N–H and O–H groups in total. The fraction of sp³-hybridized carbons (Fsp3) is 0.143. The van der Waals surface area contributed by atoms with Crippen molar-refractivity contribution in [2.24, 2.45) is 0 Å². The Balaban J connectivity index is 2.27. The molecule has 0 radical (unpaired) electrons. The molecule has 0 spiro atoms. The van der Waals surface area contributed by atoms with Crippen LogP contribution in [-0.2, 0) is 12.8 Å². The number of nitrogens with two attached hydrogens (primary N) is 1. The Morgan fingerprint density at radius 2 is 1.90 bits per heavy atom. The van der Waals surface area contributed by atoms with E-state index in [0.717, 1.165) is 15.6 Å². The second kappa shape index (κ2) is 5.02. The normalized spacial score (nSPS) is 13.7. The summed E-state index contributed by atoms with van der Waals surface area (Å²) >= 11 is 15.6. The van der Waals surface area contributed by atoms with E-state index in [-0.39, 0.29) is 16.5 Å². The average molecular weight is 372 g/mol. The van der Waals surface area contributed by atoms with Crippen molar-refractivity contribution in [3.05, 3.63) is 55.2 Å². The molecule has 0 unspecified atom stereocenters. The zero-order valence-corrected chi connectivity index (χ0v) is 13.3. The average Bonchev–Trinajstić information content (AvgIpc) is 2.54. The maximum absolute atomic E-state index is 12.7. The predicted octanol–water partition coefficient (Wildman–Crippen LogP) is 4.06. The Kier molecular flexibility index (Phi) is 3.48. The summed E-state index contributed by atoms with van der Waals surface area (Å²) < 4.78 is 0.846. The molecule has 0 saturated carbocycles. The molecular weight excluding hydrogens is 363 g/mol. The Morgan fingerprint density at radius 1 is 1.20 bits per heavy atom. The van der Waals surface area contributed by atoms with Crippen molar-refractivity contribution in [2.75, 3.05) is 5.73 Å². The van der Waals surface area contributed by atoms with E-state index in [0.29, 0.717) is 29.1 Å². The predicted molar refractivity (Wildman–Crippen MR) is 83.7 cm³/mol. The SMILES string of the molecule is Nc1c(Cl)cc2c(c1Cl)C(=O)c1ncc(Br)cc1CC2. The summed E-state index contributed by atoms with van der Waals surface area (Å²) in [6, 6.07) is 3.63. The van der Waals surface area contributed by atoms with Gasteiger partial charge >= 0.3 is 0 Å². The number of aromatic nitrogens is 1. The van der Waals surface area contributed by atoms with Gasteiger partial charge in [-0.15, -0.1) is 0 Å². The summed E-state index contributed by atoms with van der Waals surface area (Å²) in [5.74, 6) is -0.201. The molecule has 0 saturated heterocycles. The molecular formula is C14H9BrCl2N2O. The lowest BCUT2D eigenvalue weighted by Crippen LogP contribution is -2.09. The summed E-state index contributed by atoms with van der Waals surface area (Å²) in [4.78, 5) is 16.9. The first-order valence-corrected chi connectivity index (χ1v) is 7.49. The van der Waals surface area contributed by atoms with Crippen molar-refractivity contribution in [3.8, 4) is 0 Å². The number of carbonyl (C=O) groups excluding carboxylic acids is 1. The number of anilines is 1. The maximum atomic E-state index is 12.7. The van der Waals surface area contributed by atoms with Gasteiger partial charge in [-0.2, -0.15) is 0 Å². The Morgan fingerprint density at radius 3 is 2.65 bits per heavy atom. The smallest absolute Gasteiger partial charge is 0.213 e. The van der Waals surface area contributed by atoms with Crippen molar-refractivity contribution in [1.82, 2.24) is 4.98 Å². The number of nitrogens with zero attached hydrogens (tertiary/aromatic N) is 1. The van der Waals surface area contributed by atoms with Crippen LogP contribution in [0.5, 0.6) is 0 Å². The number of ketones is 1. The van der Waals surface area contributed by atoms with E-state index in [1.54, 1.807) is 12.3 Å². The van der Waals surface area contributed by atoms with E-state index in [4.69, 9.17) is 28.9 Å². The first-order valence-electron chi connectivity index (χ1n) is 5.94. The van der Waals surface area contributed by atoms with Gasteiger partial charge in [0.2, 0.25) is 5.78 Å². The first-order chi connectivity index (χ1) is 9.49.